The molecule has 0 aliphatic carbocycles. The zero-order chi connectivity index (χ0) is 12.6. The standard InChI is InChI=1S/C9H13N5O2S/c1-5-8(4-10-11-5)17(15,16)14-9-6(2)12-13-7(9)3/h4,14H,1-3H3,(H,10,11)(H,12,13). The van der Waals surface area contributed by atoms with Crippen LogP contribution in [0, 0.1) is 20.8 Å². The highest BCUT2D eigenvalue weighted by atomic mass is 32.2. The second-order valence-electron chi connectivity index (χ2n) is 3.77. The van der Waals surface area contributed by atoms with Crippen LogP contribution < -0.4 is 4.72 Å². The Labute approximate surface area is 98.7 Å². The maximum Gasteiger partial charge on any atom is 0.265 e. The zero-order valence-corrected chi connectivity index (χ0v) is 10.5. The number of nitrogens with zero attached hydrogens (tertiary/aromatic N) is 2. The van der Waals surface area contributed by atoms with Gasteiger partial charge in [0, 0.05) is 0 Å². The van der Waals surface area contributed by atoms with Gasteiger partial charge in [0.05, 0.1) is 29.0 Å². The smallest absolute Gasteiger partial charge is 0.265 e. The van der Waals surface area contributed by atoms with Gasteiger partial charge in [-0.05, 0) is 20.8 Å². The quantitative estimate of drug-likeness (QED) is 0.756. The van der Waals surface area contributed by atoms with Crippen LogP contribution in [-0.2, 0) is 10.0 Å². The van der Waals surface area contributed by atoms with E-state index in [0.717, 1.165) is 0 Å². The Morgan fingerprint density at radius 2 is 1.88 bits per heavy atom. The summed E-state index contributed by atoms with van der Waals surface area (Å²) in [4.78, 5) is 0.137. The molecule has 3 N–H and O–H groups in total. The third kappa shape index (κ3) is 2.03. The number of aromatic nitrogens is 4. The van der Waals surface area contributed by atoms with Crippen molar-refractivity contribution in [3.05, 3.63) is 23.3 Å². The Bertz CT molecular complexity index is 621. The molecule has 0 aliphatic heterocycles. The van der Waals surface area contributed by atoms with Crippen LogP contribution in [-0.4, -0.2) is 28.8 Å². The van der Waals surface area contributed by atoms with E-state index in [1.165, 1.54) is 6.20 Å². The van der Waals surface area contributed by atoms with Crippen molar-refractivity contribution in [2.24, 2.45) is 0 Å². The van der Waals surface area contributed by atoms with Crippen molar-refractivity contribution >= 4 is 15.7 Å². The Hall–Kier alpha value is -1.83. The molecule has 2 aromatic rings. The summed E-state index contributed by atoms with van der Waals surface area (Å²) in [6.07, 6.45) is 1.28. The van der Waals surface area contributed by atoms with E-state index in [4.69, 9.17) is 0 Å². The summed E-state index contributed by atoms with van der Waals surface area (Å²) in [5.74, 6) is 0. The summed E-state index contributed by atoms with van der Waals surface area (Å²) >= 11 is 0. The van der Waals surface area contributed by atoms with Crippen LogP contribution in [0.2, 0.25) is 0 Å². The molecule has 17 heavy (non-hydrogen) atoms. The van der Waals surface area contributed by atoms with Gasteiger partial charge in [0.25, 0.3) is 10.0 Å². The summed E-state index contributed by atoms with van der Waals surface area (Å²) in [7, 11) is -3.62. The summed E-state index contributed by atoms with van der Waals surface area (Å²) in [6, 6.07) is 0. The molecule has 92 valence electrons. The molecule has 0 spiro atoms. The first-order valence-electron chi connectivity index (χ1n) is 4.96. The molecule has 0 atom stereocenters. The first-order valence-corrected chi connectivity index (χ1v) is 6.44. The SMILES string of the molecule is Cc1n[nH]c(C)c1NS(=O)(=O)c1cn[nH]c1C. The highest BCUT2D eigenvalue weighted by Gasteiger charge is 2.21. The van der Waals surface area contributed by atoms with Gasteiger partial charge in [0.2, 0.25) is 0 Å². The molecule has 7 nitrogen and oxygen atoms in total. The third-order valence-electron chi connectivity index (χ3n) is 2.44. The van der Waals surface area contributed by atoms with E-state index < -0.39 is 10.0 Å². The first kappa shape index (κ1) is 11.6. The predicted molar refractivity (Wildman–Crippen MR) is 62.2 cm³/mol. The Morgan fingerprint density at radius 3 is 2.35 bits per heavy atom. The van der Waals surface area contributed by atoms with Crippen molar-refractivity contribution < 1.29 is 8.42 Å². The van der Waals surface area contributed by atoms with Crippen molar-refractivity contribution in [3.63, 3.8) is 0 Å². The summed E-state index contributed by atoms with van der Waals surface area (Å²) < 4.78 is 26.6. The lowest BCUT2D eigenvalue weighted by atomic mass is 10.3. The minimum Gasteiger partial charge on any atom is -0.281 e. The van der Waals surface area contributed by atoms with E-state index in [9.17, 15) is 8.42 Å². The molecular weight excluding hydrogens is 242 g/mol. The fourth-order valence-corrected chi connectivity index (χ4v) is 2.82. The second kappa shape index (κ2) is 3.88. The van der Waals surface area contributed by atoms with Gasteiger partial charge in [-0.1, -0.05) is 0 Å². The summed E-state index contributed by atoms with van der Waals surface area (Å²) in [5, 5.41) is 12.9. The Balaban J connectivity index is 2.40. The minimum absolute atomic E-state index is 0.137. The third-order valence-corrected chi connectivity index (χ3v) is 3.90. The van der Waals surface area contributed by atoms with E-state index in [2.05, 4.69) is 25.1 Å². The van der Waals surface area contributed by atoms with E-state index in [0.29, 0.717) is 22.8 Å². The monoisotopic (exact) mass is 255 g/mol. The largest absolute Gasteiger partial charge is 0.281 e. The molecule has 2 rings (SSSR count). The molecule has 0 bridgehead atoms. The number of hydrogen-bond donors (Lipinski definition) is 3. The molecule has 0 saturated carbocycles. The molecule has 0 unspecified atom stereocenters. The lowest BCUT2D eigenvalue weighted by molar-refractivity contribution is 0.600. The Morgan fingerprint density at radius 1 is 1.18 bits per heavy atom. The van der Waals surface area contributed by atoms with Crippen molar-refractivity contribution in [3.8, 4) is 0 Å². The number of hydrogen-bond acceptors (Lipinski definition) is 4. The molecule has 0 aromatic carbocycles. The lowest BCUT2D eigenvalue weighted by Gasteiger charge is -2.06. The number of H-pyrrole nitrogens is 2. The molecule has 0 aliphatic rings. The van der Waals surface area contributed by atoms with Crippen molar-refractivity contribution in [1.82, 2.24) is 20.4 Å². The molecular formula is C9H13N5O2S. The number of rotatable bonds is 3. The minimum atomic E-state index is -3.62. The number of aromatic amines is 2. The van der Waals surface area contributed by atoms with E-state index in [1.54, 1.807) is 20.8 Å². The molecule has 0 amide bonds. The van der Waals surface area contributed by atoms with Crippen LogP contribution >= 0.6 is 0 Å². The molecule has 2 aromatic heterocycles. The molecule has 2 heterocycles. The highest BCUT2D eigenvalue weighted by Crippen LogP contribution is 2.21. The maximum atomic E-state index is 12.1. The molecule has 0 saturated heterocycles. The van der Waals surface area contributed by atoms with E-state index >= 15 is 0 Å². The second-order valence-corrected chi connectivity index (χ2v) is 5.42. The average Bonchev–Trinajstić information content (AvgIpc) is 2.79. The van der Waals surface area contributed by atoms with Gasteiger partial charge in [0.15, 0.2) is 0 Å². The summed E-state index contributed by atoms with van der Waals surface area (Å²) in [6.45, 7) is 5.13. The predicted octanol–water partition coefficient (Wildman–Crippen LogP) is 0.859. The van der Waals surface area contributed by atoms with Crippen molar-refractivity contribution in [1.29, 1.82) is 0 Å². The molecule has 0 radical (unpaired) electrons. The van der Waals surface area contributed by atoms with Crippen molar-refractivity contribution in [2.45, 2.75) is 25.7 Å². The number of anilines is 1. The normalized spacial score (nSPS) is 11.7. The van der Waals surface area contributed by atoms with Gasteiger partial charge < -0.3 is 0 Å². The fourth-order valence-electron chi connectivity index (χ4n) is 1.50. The van der Waals surface area contributed by atoms with Gasteiger partial charge in [-0.15, -0.1) is 0 Å². The van der Waals surface area contributed by atoms with Gasteiger partial charge in [-0.2, -0.15) is 10.2 Å². The van der Waals surface area contributed by atoms with E-state index in [-0.39, 0.29) is 4.90 Å². The summed E-state index contributed by atoms with van der Waals surface area (Å²) in [5.41, 5.74) is 2.25. The van der Waals surface area contributed by atoms with Gasteiger partial charge in [0.1, 0.15) is 4.90 Å². The number of nitrogens with one attached hydrogen (secondary N) is 3. The van der Waals surface area contributed by atoms with Crippen molar-refractivity contribution in [2.75, 3.05) is 4.72 Å². The molecule has 0 fully saturated rings. The van der Waals surface area contributed by atoms with Gasteiger partial charge >= 0.3 is 0 Å². The van der Waals surface area contributed by atoms with E-state index in [1.807, 2.05) is 0 Å². The topological polar surface area (TPSA) is 104 Å². The fraction of sp³-hybridized carbons (Fsp3) is 0.333. The highest BCUT2D eigenvalue weighted by molar-refractivity contribution is 7.92. The average molecular weight is 255 g/mol. The number of aryl methyl sites for hydroxylation is 3. The van der Waals surface area contributed by atoms with Crippen LogP contribution in [0.15, 0.2) is 11.1 Å². The van der Waals surface area contributed by atoms with Crippen LogP contribution in [0.3, 0.4) is 0 Å². The van der Waals surface area contributed by atoms with Crippen LogP contribution in [0.4, 0.5) is 5.69 Å². The lowest BCUT2D eigenvalue weighted by Crippen LogP contribution is -2.14. The number of sulfonamides is 1. The maximum absolute atomic E-state index is 12.1. The van der Waals surface area contributed by atoms with Gasteiger partial charge in [-0.25, -0.2) is 8.42 Å². The zero-order valence-electron chi connectivity index (χ0n) is 9.70. The Kier molecular flexibility index (Phi) is 2.66. The van der Waals surface area contributed by atoms with Crippen LogP contribution in [0.1, 0.15) is 17.1 Å². The van der Waals surface area contributed by atoms with Gasteiger partial charge in [-0.3, -0.25) is 14.9 Å². The first-order chi connectivity index (χ1) is 7.92. The van der Waals surface area contributed by atoms with Crippen LogP contribution in [0.25, 0.3) is 0 Å². The molecule has 8 heteroatoms. The van der Waals surface area contributed by atoms with Crippen LogP contribution in [0.5, 0.6) is 0 Å².